The third-order valence-corrected chi connectivity index (χ3v) is 4.38. The number of anilines is 2. The molecule has 1 aliphatic carbocycles. The molecule has 4 N–H and O–H groups in total. The molecule has 0 atom stereocenters. The molecule has 2 aromatic rings. The molecule has 0 unspecified atom stereocenters. The number of H-pyrrole nitrogens is 1. The molecule has 1 aromatic carbocycles. The molecule has 7 nitrogen and oxygen atoms in total. The van der Waals surface area contributed by atoms with Gasteiger partial charge in [-0.15, -0.1) is 12.4 Å². The van der Waals surface area contributed by atoms with Crippen molar-refractivity contribution in [1.82, 2.24) is 15.5 Å². The Morgan fingerprint density at radius 3 is 2.44 bits per heavy atom. The van der Waals surface area contributed by atoms with Crippen molar-refractivity contribution in [2.75, 3.05) is 17.2 Å². The van der Waals surface area contributed by atoms with Gasteiger partial charge in [-0.05, 0) is 37.1 Å². The lowest BCUT2D eigenvalue weighted by Crippen LogP contribution is -2.25. The van der Waals surface area contributed by atoms with E-state index < -0.39 is 0 Å². The second-order valence-electron chi connectivity index (χ2n) is 6.25. The van der Waals surface area contributed by atoms with E-state index >= 15 is 0 Å². The van der Waals surface area contributed by atoms with Gasteiger partial charge >= 0.3 is 0 Å². The first-order valence-electron chi connectivity index (χ1n) is 8.20. The molecule has 2 aliphatic rings. The van der Waals surface area contributed by atoms with Gasteiger partial charge in [-0.25, -0.2) is 0 Å². The van der Waals surface area contributed by atoms with Crippen molar-refractivity contribution in [2.45, 2.75) is 25.8 Å². The zero-order chi connectivity index (χ0) is 16.5. The quantitative estimate of drug-likeness (QED) is 0.670. The molecule has 2 amide bonds. The fraction of sp³-hybridized carbons (Fsp3) is 0.353. The van der Waals surface area contributed by atoms with Crippen LogP contribution in [0.2, 0.25) is 0 Å². The van der Waals surface area contributed by atoms with Crippen molar-refractivity contribution < 1.29 is 9.59 Å². The molecule has 2 heterocycles. The summed E-state index contributed by atoms with van der Waals surface area (Å²) in [6.07, 6.45) is 2.80. The van der Waals surface area contributed by atoms with E-state index in [1.807, 2.05) is 0 Å². The van der Waals surface area contributed by atoms with E-state index in [-0.39, 0.29) is 30.1 Å². The summed E-state index contributed by atoms with van der Waals surface area (Å²) in [7, 11) is 0. The van der Waals surface area contributed by atoms with E-state index in [0.29, 0.717) is 17.9 Å². The van der Waals surface area contributed by atoms with Gasteiger partial charge < -0.3 is 16.0 Å². The van der Waals surface area contributed by atoms with Gasteiger partial charge in [-0.3, -0.25) is 14.7 Å². The first-order chi connectivity index (χ1) is 11.7. The number of aromatic amines is 1. The van der Waals surface area contributed by atoms with Crippen LogP contribution in [0.3, 0.4) is 0 Å². The van der Waals surface area contributed by atoms with Crippen LogP contribution >= 0.6 is 12.4 Å². The standard InChI is InChI=1S/C17H19N5O2.ClH/c23-16(10-1-2-10)19-11-3-5-12(6-4-11)20-17(24)15-13-9-18-8-7-14(13)21-22-15;/h3-6,10,18H,1-2,7-9H2,(H,19,23)(H,20,24)(H,21,22);1H. The van der Waals surface area contributed by atoms with Gasteiger partial charge in [-0.2, -0.15) is 5.10 Å². The number of hydrogen-bond donors (Lipinski definition) is 4. The predicted octanol–water partition coefficient (Wildman–Crippen LogP) is 2.08. The largest absolute Gasteiger partial charge is 0.326 e. The van der Waals surface area contributed by atoms with Crippen LogP contribution in [0.25, 0.3) is 0 Å². The van der Waals surface area contributed by atoms with E-state index in [1.165, 1.54) is 0 Å². The molecule has 4 rings (SSSR count). The maximum atomic E-state index is 12.4. The molecule has 25 heavy (non-hydrogen) atoms. The highest BCUT2D eigenvalue weighted by Gasteiger charge is 2.29. The van der Waals surface area contributed by atoms with Crippen LogP contribution in [0.4, 0.5) is 11.4 Å². The van der Waals surface area contributed by atoms with Gasteiger partial charge in [0.2, 0.25) is 5.91 Å². The topological polar surface area (TPSA) is 98.9 Å². The summed E-state index contributed by atoms with van der Waals surface area (Å²) in [6, 6.07) is 7.13. The Bertz CT molecular complexity index is 783. The van der Waals surface area contributed by atoms with Crippen molar-refractivity contribution in [3.8, 4) is 0 Å². The first kappa shape index (κ1) is 17.4. The Balaban J connectivity index is 0.00000182. The average Bonchev–Trinajstić information content (AvgIpc) is 3.36. The number of amides is 2. The number of fused-ring (bicyclic) bond motifs is 1. The summed E-state index contributed by atoms with van der Waals surface area (Å²) in [4.78, 5) is 24.1. The summed E-state index contributed by atoms with van der Waals surface area (Å²) in [5, 5.41) is 16.1. The highest BCUT2D eigenvalue weighted by molar-refractivity contribution is 6.04. The van der Waals surface area contributed by atoms with Crippen molar-refractivity contribution in [2.24, 2.45) is 5.92 Å². The zero-order valence-electron chi connectivity index (χ0n) is 13.6. The number of benzene rings is 1. The second kappa shape index (κ2) is 7.25. The minimum Gasteiger partial charge on any atom is -0.326 e. The number of rotatable bonds is 4. The smallest absolute Gasteiger partial charge is 0.276 e. The summed E-state index contributed by atoms with van der Waals surface area (Å²) in [6.45, 7) is 1.55. The van der Waals surface area contributed by atoms with Crippen LogP contribution < -0.4 is 16.0 Å². The number of halogens is 1. The van der Waals surface area contributed by atoms with Crippen molar-refractivity contribution >= 4 is 35.6 Å². The second-order valence-corrected chi connectivity index (χ2v) is 6.25. The summed E-state index contributed by atoms with van der Waals surface area (Å²) in [5.41, 5.74) is 3.81. The van der Waals surface area contributed by atoms with Crippen LogP contribution in [0.5, 0.6) is 0 Å². The van der Waals surface area contributed by atoms with Crippen molar-refractivity contribution in [3.63, 3.8) is 0 Å². The van der Waals surface area contributed by atoms with Crippen molar-refractivity contribution in [3.05, 3.63) is 41.2 Å². The lowest BCUT2D eigenvalue weighted by molar-refractivity contribution is -0.117. The highest BCUT2D eigenvalue weighted by atomic mass is 35.5. The molecule has 1 aromatic heterocycles. The fourth-order valence-electron chi connectivity index (χ4n) is 2.83. The van der Waals surface area contributed by atoms with E-state index in [9.17, 15) is 9.59 Å². The third-order valence-electron chi connectivity index (χ3n) is 4.38. The molecule has 0 saturated heterocycles. The van der Waals surface area contributed by atoms with Crippen LogP contribution in [0.15, 0.2) is 24.3 Å². The molecular weight excluding hydrogens is 342 g/mol. The Hall–Kier alpha value is -2.38. The Morgan fingerprint density at radius 2 is 1.76 bits per heavy atom. The van der Waals surface area contributed by atoms with Crippen molar-refractivity contribution in [1.29, 1.82) is 0 Å². The molecule has 0 bridgehead atoms. The van der Waals surface area contributed by atoms with Gasteiger partial charge in [0.1, 0.15) is 0 Å². The van der Waals surface area contributed by atoms with Gasteiger partial charge in [0.15, 0.2) is 5.69 Å². The normalized spacial score (nSPS) is 15.7. The van der Waals surface area contributed by atoms with Crippen LogP contribution in [0, 0.1) is 5.92 Å². The van der Waals surface area contributed by atoms with Gasteiger partial charge in [0, 0.05) is 48.1 Å². The number of nitrogens with zero attached hydrogens (tertiary/aromatic N) is 1. The Labute approximate surface area is 151 Å². The number of carbonyl (C=O) groups is 2. The maximum absolute atomic E-state index is 12.4. The molecule has 0 radical (unpaired) electrons. The van der Waals surface area contributed by atoms with Gasteiger partial charge in [-0.1, -0.05) is 0 Å². The molecule has 1 saturated carbocycles. The molecule has 132 valence electrons. The maximum Gasteiger partial charge on any atom is 0.276 e. The zero-order valence-corrected chi connectivity index (χ0v) is 14.4. The summed E-state index contributed by atoms with van der Waals surface area (Å²) in [5.74, 6) is 0.0113. The predicted molar refractivity (Wildman–Crippen MR) is 97.0 cm³/mol. The summed E-state index contributed by atoms with van der Waals surface area (Å²) < 4.78 is 0. The van der Waals surface area contributed by atoms with E-state index in [4.69, 9.17) is 0 Å². The fourth-order valence-corrected chi connectivity index (χ4v) is 2.83. The Morgan fingerprint density at radius 1 is 1.08 bits per heavy atom. The molecular formula is C17H20ClN5O2. The minimum atomic E-state index is -0.231. The third kappa shape index (κ3) is 3.83. The summed E-state index contributed by atoms with van der Waals surface area (Å²) >= 11 is 0. The monoisotopic (exact) mass is 361 g/mol. The molecule has 0 spiro atoms. The molecule has 8 heteroatoms. The Kier molecular flexibility index (Phi) is 5.06. The first-order valence-corrected chi connectivity index (χ1v) is 8.20. The average molecular weight is 362 g/mol. The SMILES string of the molecule is Cl.O=C(Nc1ccc(NC(=O)C2CC2)cc1)c1n[nH]c2c1CNCC2. The van der Waals surface area contributed by atoms with Crippen LogP contribution in [-0.2, 0) is 17.8 Å². The number of nitrogens with one attached hydrogen (secondary N) is 4. The van der Waals surface area contributed by atoms with Crippen LogP contribution in [-0.4, -0.2) is 28.6 Å². The van der Waals surface area contributed by atoms with E-state index in [2.05, 4.69) is 26.1 Å². The van der Waals surface area contributed by atoms with E-state index in [0.717, 1.165) is 42.8 Å². The van der Waals surface area contributed by atoms with Gasteiger partial charge in [0.25, 0.3) is 5.91 Å². The number of carbonyl (C=O) groups excluding carboxylic acids is 2. The molecule has 1 aliphatic heterocycles. The lowest BCUT2D eigenvalue weighted by atomic mass is 10.1. The van der Waals surface area contributed by atoms with E-state index in [1.54, 1.807) is 24.3 Å². The van der Waals surface area contributed by atoms with Gasteiger partial charge in [0.05, 0.1) is 0 Å². The number of hydrogen-bond acceptors (Lipinski definition) is 4. The number of aromatic nitrogens is 2. The minimum absolute atomic E-state index is 0. The molecule has 1 fully saturated rings. The highest BCUT2D eigenvalue weighted by Crippen LogP contribution is 2.30. The van der Waals surface area contributed by atoms with Crippen LogP contribution in [0.1, 0.15) is 34.6 Å². The lowest BCUT2D eigenvalue weighted by Gasteiger charge is -2.13.